The first kappa shape index (κ1) is 15.0. The van der Waals surface area contributed by atoms with E-state index in [1.807, 2.05) is 0 Å². The lowest BCUT2D eigenvalue weighted by molar-refractivity contribution is 0.0410. The van der Waals surface area contributed by atoms with E-state index in [9.17, 15) is 12.8 Å². The van der Waals surface area contributed by atoms with Crippen LogP contribution in [0.5, 0.6) is 0 Å². The van der Waals surface area contributed by atoms with Gasteiger partial charge in [0.1, 0.15) is 11.1 Å². The summed E-state index contributed by atoms with van der Waals surface area (Å²) in [5, 5.41) is -0.450. The Morgan fingerprint density at radius 1 is 1.37 bits per heavy atom. The highest BCUT2D eigenvalue weighted by molar-refractivity contribution is 7.90. The van der Waals surface area contributed by atoms with E-state index < -0.39 is 27.1 Å². The maximum Gasteiger partial charge on any atom is 0.219 e. The molecule has 1 aliphatic rings. The Hall–Kier alpha value is -0.400. The van der Waals surface area contributed by atoms with Gasteiger partial charge in [0.2, 0.25) is 10.0 Å². The van der Waals surface area contributed by atoms with Gasteiger partial charge in [-0.1, -0.05) is 23.2 Å². The summed E-state index contributed by atoms with van der Waals surface area (Å²) in [6, 6.07) is 1.74. The van der Waals surface area contributed by atoms with Crippen molar-refractivity contribution in [3.8, 4) is 0 Å². The number of benzene rings is 1. The van der Waals surface area contributed by atoms with E-state index in [4.69, 9.17) is 27.9 Å². The zero-order chi connectivity index (χ0) is 14.2. The van der Waals surface area contributed by atoms with Gasteiger partial charge in [-0.3, -0.25) is 0 Å². The molecule has 4 nitrogen and oxygen atoms in total. The first-order chi connectivity index (χ1) is 8.81. The molecule has 1 saturated heterocycles. The van der Waals surface area contributed by atoms with Crippen LogP contribution in [0.1, 0.15) is 18.5 Å². The molecule has 0 bridgehead atoms. The fraction of sp³-hybridized carbons (Fsp3) is 0.455. The molecule has 1 aromatic carbocycles. The standard InChI is InChI=1S/C11H12Cl2FNO3S/c1-6(15-19(16,17)7-4-18-5-7)8-2-11(14)10(13)3-9(8)12/h2-3,6-7,15H,4-5H2,1H3. The molecule has 1 atom stereocenters. The molecule has 1 unspecified atom stereocenters. The third-order valence-electron chi connectivity index (χ3n) is 2.89. The average Bonchev–Trinajstić information content (AvgIpc) is 2.18. The van der Waals surface area contributed by atoms with E-state index >= 15 is 0 Å². The van der Waals surface area contributed by atoms with Crippen molar-refractivity contribution >= 4 is 33.2 Å². The van der Waals surface area contributed by atoms with Crippen LogP contribution in [0.2, 0.25) is 10.0 Å². The first-order valence-electron chi connectivity index (χ1n) is 5.54. The summed E-state index contributed by atoms with van der Waals surface area (Å²) in [5.41, 5.74) is 0.340. The molecule has 0 amide bonds. The lowest BCUT2D eigenvalue weighted by Gasteiger charge is -2.27. The highest BCUT2D eigenvalue weighted by atomic mass is 35.5. The van der Waals surface area contributed by atoms with Crippen LogP contribution in [0.15, 0.2) is 12.1 Å². The minimum Gasteiger partial charge on any atom is -0.378 e. The van der Waals surface area contributed by atoms with Crippen LogP contribution < -0.4 is 4.72 Å². The third kappa shape index (κ3) is 3.20. The minimum atomic E-state index is -3.50. The van der Waals surface area contributed by atoms with Crippen LogP contribution in [0.3, 0.4) is 0 Å². The second-order valence-electron chi connectivity index (χ2n) is 4.33. The van der Waals surface area contributed by atoms with Gasteiger partial charge in [-0.05, 0) is 24.6 Å². The smallest absolute Gasteiger partial charge is 0.219 e. The van der Waals surface area contributed by atoms with Gasteiger partial charge in [0.15, 0.2) is 0 Å². The molecule has 106 valence electrons. The number of hydrogen-bond donors (Lipinski definition) is 1. The van der Waals surface area contributed by atoms with Crippen molar-refractivity contribution in [2.75, 3.05) is 13.2 Å². The molecule has 0 spiro atoms. The SMILES string of the molecule is CC(NS(=O)(=O)C1COC1)c1cc(F)c(Cl)cc1Cl. The molecule has 8 heteroatoms. The summed E-state index contributed by atoms with van der Waals surface area (Å²) in [4.78, 5) is 0. The number of hydrogen-bond acceptors (Lipinski definition) is 3. The summed E-state index contributed by atoms with van der Waals surface area (Å²) < 4.78 is 44.5. The molecule has 1 aliphatic heterocycles. The van der Waals surface area contributed by atoms with Gasteiger partial charge >= 0.3 is 0 Å². The number of nitrogens with one attached hydrogen (secondary N) is 1. The minimum absolute atomic E-state index is 0.101. The Kier molecular flexibility index (Phi) is 4.37. The number of halogens is 3. The van der Waals surface area contributed by atoms with E-state index in [0.717, 1.165) is 6.07 Å². The van der Waals surface area contributed by atoms with Crippen LogP contribution in [0.25, 0.3) is 0 Å². The first-order valence-corrected chi connectivity index (χ1v) is 7.85. The van der Waals surface area contributed by atoms with Crippen molar-refractivity contribution in [1.29, 1.82) is 0 Å². The van der Waals surface area contributed by atoms with Gasteiger partial charge in [-0.2, -0.15) is 0 Å². The van der Waals surface area contributed by atoms with Gasteiger partial charge in [-0.15, -0.1) is 0 Å². The van der Waals surface area contributed by atoms with Crippen LogP contribution in [-0.2, 0) is 14.8 Å². The highest BCUT2D eigenvalue weighted by Gasteiger charge is 2.33. The fourth-order valence-electron chi connectivity index (χ4n) is 1.67. The lowest BCUT2D eigenvalue weighted by Crippen LogP contribution is -2.47. The molecule has 1 heterocycles. The highest BCUT2D eigenvalue weighted by Crippen LogP contribution is 2.29. The maximum atomic E-state index is 13.4. The third-order valence-corrected chi connectivity index (χ3v) is 5.34. The van der Waals surface area contributed by atoms with Crippen molar-refractivity contribution in [3.05, 3.63) is 33.6 Å². The van der Waals surface area contributed by atoms with E-state index in [2.05, 4.69) is 4.72 Å². The van der Waals surface area contributed by atoms with Crippen LogP contribution in [-0.4, -0.2) is 26.9 Å². The van der Waals surface area contributed by atoms with E-state index in [0.29, 0.717) is 5.56 Å². The number of sulfonamides is 1. The number of ether oxygens (including phenoxy) is 1. The average molecular weight is 328 g/mol. The zero-order valence-corrected chi connectivity index (χ0v) is 12.3. The topological polar surface area (TPSA) is 55.4 Å². The van der Waals surface area contributed by atoms with Crippen LogP contribution >= 0.6 is 23.2 Å². The van der Waals surface area contributed by atoms with Gasteiger partial charge in [0.05, 0.1) is 18.2 Å². The molecule has 1 N–H and O–H groups in total. The Balaban J connectivity index is 2.20. The normalized spacial score (nSPS) is 18.1. The van der Waals surface area contributed by atoms with Crippen molar-refractivity contribution in [1.82, 2.24) is 4.72 Å². The monoisotopic (exact) mass is 327 g/mol. The zero-order valence-electron chi connectivity index (χ0n) is 9.99. The molecule has 0 radical (unpaired) electrons. The predicted octanol–water partition coefficient (Wildman–Crippen LogP) is 2.51. The van der Waals surface area contributed by atoms with E-state index in [-0.39, 0.29) is 23.3 Å². The second-order valence-corrected chi connectivity index (χ2v) is 7.14. The second kappa shape index (κ2) is 5.54. The summed E-state index contributed by atoms with van der Waals surface area (Å²) in [6.07, 6.45) is 0. The molecule has 19 heavy (non-hydrogen) atoms. The van der Waals surface area contributed by atoms with Gasteiger partial charge in [0.25, 0.3) is 0 Å². The summed E-state index contributed by atoms with van der Waals surface area (Å²) in [6.45, 7) is 1.93. The Labute approximate surface area is 120 Å². The van der Waals surface area contributed by atoms with Crippen molar-refractivity contribution in [2.45, 2.75) is 18.2 Å². The number of rotatable bonds is 4. The Morgan fingerprint density at radius 3 is 2.53 bits per heavy atom. The van der Waals surface area contributed by atoms with Crippen LogP contribution in [0, 0.1) is 5.82 Å². The molecule has 0 aromatic heterocycles. The predicted molar refractivity (Wildman–Crippen MR) is 71.5 cm³/mol. The van der Waals surface area contributed by atoms with Gasteiger partial charge in [0, 0.05) is 11.1 Å². The molecule has 0 aliphatic carbocycles. The fourth-order valence-corrected chi connectivity index (χ4v) is 3.58. The molecular weight excluding hydrogens is 316 g/mol. The van der Waals surface area contributed by atoms with E-state index in [1.54, 1.807) is 6.92 Å². The van der Waals surface area contributed by atoms with Gasteiger partial charge in [-0.25, -0.2) is 17.5 Å². The molecular formula is C11H12Cl2FNO3S. The maximum absolute atomic E-state index is 13.4. The van der Waals surface area contributed by atoms with Gasteiger partial charge < -0.3 is 4.74 Å². The quantitative estimate of drug-likeness (QED) is 0.864. The van der Waals surface area contributed by atoms with Crippen LogP contribution in [0.4, 0.5) is 4.39 Å². The molecule has 1 aromatic rings. The Morgan fingerprint density at radius 2 is 2.00 bits per heavy atom. The van der Waals surface area contributed by atoms with Crippen molar-refractivity contribution in [3.63, 3.8) is 0 Å². The van der Waals surface area contributed by atoms with Crippen molar-refractivity contribution in [2.24, 2.45) is 0 Å². The molecule has 2 rings (SSSR count). The summed E-state index contributed by atoms with van der Waals surface area (Å²) in [7, 11) is -3.50. The lowest BCUT2D eigenvalue weighted by atomic mass is 10.1. The molecule has 1 fully saturated rings. The summed E-state index contributed by atoms with van der Waals surface area (Å²) in [5.74, 6) is -0.640. The van der Waals surface area contributed by atoms with Crippen molar-refractivity contribution < 1.29 is 17.5 Å². The molecule has 0 saturated carbocycles. The summed E-state index contributed by atoms with van der Waals surface area (Å²) >= 11 is 11.5. The Bertz CT molecular complexity index is 590. The van der Waals surface area contributed by atoms with E-state index in [1.165, 1.54) is 6.07 Å². The largest absolute Gasteiger partial charge is 0.378 e.